The van der Waals surface area contributed by atoms with Gasteiger partial charge in [-0.25, -0.2) is 0 Å². The lowest BCUT2D eigenvalue weighted by Crippen LogP contribution is -2.26. The van der Waals surface area contributed by atoms with E-state index in [1.165, 1.54) is 0 Å². The predicted octanol–water partition coefficient (Wildman–Crippen LogP) is 2.02. The van der Waals surface area contributed by atoms with Crippen molar-refractivity contribution < 1.29 is 14.7 Å². The molecule has 0 aromatic heterocycles. The number of carboxylic acids is 1. The molecule has 0 aromatic rings. The van der Waals surface area contributed by atoms with E-state index in [1.807, 2.05) is 13.8 Å². The van der Waals surface area contributed by atoms with Crippen LogP contribution in [-0.4, -0.2) is 16.9 Å². The number of carbonyl (C=O) groups is 2. The Hall–Kier alpha value is -1.12. The quantitative estimate of drug-likeness (QED) is 0.735. The Kier molecular flexibility index (Phi) is 3.09. The first-order chi connectivity index (χ1) is 6.43. The van der Waals surface area contributed by atoms with Crippen LogP contribution >= 0.6 is 0 Å². The maximum absolute atomic E-state index is 11.6. The summed E-state index contributed by atoms with van der Waals surface area (Å²) in [6.07, 6.45) is 0.815. The largest absolute Gasteiger partial charge is 0.481 e. The van der Waals surface area contributed by atoms with Crippen molar-refractivity contribution in [1.82, 2.24) is 0 Å². The monoisotopic (exact) mass is 196 g/mol. The van der Waals surface area contributed by atoms with Gasteiger partial charge in [0.15, 0.2) is 5.78 Å². The summed E-state index contributed by atoms with van der Waals surface area (Å²) in [4.78, 5) is 22.2. The van der Waals surface area contributed by atoms with Crippen LogP contribution in [0.2, 0.25) is 0 Å². The molecule has 2 atom stereocenters. The highest BCUT2D eigenvalue weighted by Crippen LogP contribution is 2.33. The Morgan fingerprint density at radius 3 is 2.57 bits per heavy atom. The van der Waals surface area contributed by atoms with Gasteiger partial charge in [0.05, 0.1) is 6.42 Å². The topological polar surface area (TPSA) is 54.4 Å². The minimum absolute atomic E-state index is 0.0250. The van der Waals surface area contributed by atoms with E-state index in [-0.39, 0.29) is 24.0 Å². The second-order valence-electron chi connectivity index (χ2n) is 4.10. The molecule has 14 heavy (non-hydrogen) atoms. The molecule has 0 amide bonds. The lowest BCUT2D eigenvalue weighted by atomic mass is 9.76. The van der Waals surface area contributed by atoms with Gasteiger partial charge in [-0.3, -0.25) is 9.59 Å². The van der Waals surface area contributed by atoms with Gasteiger partial charge in [-0.15, -0.1) is 0 Å². The molecule has 0 fully saturated rings. The highest BCUT2D eigenvalue weighted by molar-refractivity contribution is 5.98. The number of allylic oxidation sites excluding steroid dienone is 2. The number of rotatable bonds is 2. The van der Waals surface area contributed by atoms with Gasteiger partial charge in [0.2, 0.25) is 0 Å². The van der Waals surface area contributed by atoms with Crippen LogP contribution in [0.1, 0.15) is 33.6 Å². The molecule has 1 N–H and O–H groups in total. The number of ketones is 1. The van der Waals surface area contributed by atoms with Crippen molar-refractivity contribution in [3.05, 3.63) is 11.1 Å². The van der Waals surface area contributed by atoms with Gasteiger partial charge in [-0.2, -0.15) is 0 Å². The molecule has 3 nitrogen and oxygen atoms in total. The molecule has 0 bridgehead atoms. The van der Waals surface area contributed by atoms with E-state index in [4.69, 9.17) is 5.11 Å². The predicted molar refractivity (Wildman–Crippen MR) is 52.9 cm³/mol. The third-order valence-corrected chi connectivity index (χ3v) is 3.08. The fourth-order valence-electron chi connectivity index (χ4n) is 2.03. The highest BCUT2D eigenvalue weighted by Gasteiger charge is 2.29. The third-order valence-electron chi connectivity index (χ3n) is 3.08. The molecule has 0 radical (unpaired) electrons. The third kappa shape index (κ3) is 2.03. The number of Topliss-reactive ketones (excluding diaryl/α,β-unsaturated/α-hetero) is 1. The molecule has 0 saturated carbocycles. The summed E-state index contributed by atoms with van der Waals surface area (Å²) in [5.74, 6) is -0.601. The molecule has 3 heteroatoms. The van der Waals surface area contributed by atoms with Gasteiger partial charge >= 0.3 is 5.97 Å². The van der Waals surface area contributed by atoms with E-state index in [0.29, 0.717) is 6.42 Å². The molecular weight excluding hydrogens is 180 g/mol. The summed E-state index contributed by atoms with van der Waals surface area (Å²) in [6, 6.07) is 0. The minimum Gasteiger partial charge on any atom is -0.481 e. The standard InChI is InChI=1S/C11H16O3/c1-6-4-9(5-10(12)13)7(2)8(3)11(6)14/h6,9H,4-5H2,1-3H3,(H,12,13). The lowest BCUT2D eigenvalue weighted by Gasteiger charge is -2.27. The molecule has 78 valence electrons. The summed E-state index contributed by atoms with van der Waals surface area (Å²) in [7, 11) is 0. The van der Waals surface area contributed by atoms with Gasteiger partial charge in [-0.05, 0) is 31.8 Å². The van der Waals surface area contributed by atoms with Crippen LogP contribution in [0.3, 0.4) is 0 Å². The molecule has 0 spiro atoms. The fraction of sp³-hybridized carbons (Fsp3) is 0.636. The second-order valence-corrected chi connectivity index (χ2v) is 4.10. The molecule has 0 saturated heterocycles. The van der Waals surface area contributed by atoms with Crippen molar-refractivity contribution in [2.75, 3.05) is 0 Å². The average molecular weight is 196 g/mol. The van der Waals surface area contributed by atoms with Gasteiger partial charge in [0, 0.05) is 5.92 Å². The molecule has 0 aliphatic heterocycles. The van der Waals surface area contributed by atoms with Crippen LogP contribution in [-0.2, 0) is 9.59 Å². The zero-order valence-corrected chi connectivity index (χ0v) is 8.83. The maximum atomic E-state index is 11.6. The van der Waals surface area contributed by atoms with E-state index in [0.717, 1.165) is 11.1 Å². The zero-order chi connectivity index (χ0) is 10.9. The summed E-state index contributed by atoms with van der Waals surface area (Å²) in [5.41, 5.74) is 1.71. The second kappa shape index (κ2) is 3.95. The van der Waals surface area contributed by atoms with Crippen LogP contribution in [0.25, 0.3) is 0 Å². The Morgan fingerprint density at radius 2 is 2.07 bits per heavy atom. The zero-order valence-electron chi connectivity index (χ0n) is 8.83. The van der Waals surface area contributed by atoms with Crippen LogP contribution < -0.4 is 0 Å². The normalized spacial score (nSPS) is 28.1. The van der Waals surface area contributed by atoms with Crippen molar-refractivity contribution in [2.45, 2.75) is 33.6 Å². The lowest BCUT2D eigenvalue weighted by molar-refractivity contribution is -0.138. The number of aliphatic carboxylic acids is 1. The summed E-state index contributed by atoms with van der Waals surface area (Å²) in [5, 5.41) is 8.71. The van der Waals surface area contributed by atoms with E-state index in [1.54, 1.807) is 6.92 Å². The molecule has 0 aromatic carbocycles. The smallest absolute Gasteiger partial charge is 0.303 e. The Balaban J connectivity index is 2.90. The molecule has 1 rings (SSSR count). The van der Waals surface area contributed by atoms with Crippen LogP contribution in [0.5, 0.6) is 0 Å². The summed E-state index contributed by atoms with van der Waals surface area (Å²) in [6.45, 7) is 5.53. The van der Waals surface area contributed by atoms with Gasteiger partial charge < -0.3 is 5.11 Å². The minimum atomic E-state index is -0.788. The molecule has 1 aliphatic rings. The first-order valence-corrected chi connectivity index (χ1v) is 4.86. The van der Waals surface area contributed by atoms with Crippen molar-refractivity contribution in [2.24, 2.45) is 11.8 Å². The van der Waals surface area contributed by atoms with Crippen LogP contribution in [0, 0.1) is 11.8 Å². The number of carbonyl (C=O) groups excluding carboxylic acids is 1. The molecular formula is C11H16O3. The van der Waals surface area contributed by atoms with Crippen LogP contribution in [0.4, 0.5) is 0 Å². The van der Waals surface area contributed by atoms with Gasteiger partial charge in [0.25, 0.3) is 0 Å². The molecule has 1 aliphatic carbocycles. The number of hydrogen-bond donors (Lipinski definition) is 1. The van der Waals surface area contributed by atoms with Gasteiger partial charge in [0.1, 0.15) is 0 Å². The Bertz CT molecular complexity index is 302. The van der Waals surface area contributed by atoms with E-state index < -0.39 is 5.97 Å². The van der Waals surface area contributed by atoms with E-state index in [9.17, 15) is 9.59 Å². The molecule has 2 unspecified atom stereocenters. The SMILES string of the molecule is CC1=C(C)C(CC(=O)O)CC(C)C1=O. The van der Waals surface area contributed by atoms with Crippen LogP contribution in [0.15, 0.2) is 11.1 Å². The van der Waals surface area contributed by atoms with E-state index >= 15 is 0 Å². The highest BCUT2D eigenvalue weighted by atomic mass is 16.4. The summed E-state index contributed by atoms with van der Waals surface area (Å²) < 4.78 is 0. The maximum Gasteiger partial charge on any atom is 0.303 e. The first kappa shape index (κ1) is 11.0. The van der Waals surface area contributed by atoms with E-state index in [2.05, 4.69) is 0 Å². The number of carboxylic acid groups (broad SMARTS) is 1. The Labute approximate surface area is 83.8 Å². The first-order valence-electron chi connectivity index (χ1n) is 4.86. The van der Waals surface area contributed by atoms with Crippen molar-refractivity contribution in [3.8, 4) is 0 Å². The summed E-state index contributed by atoms with van der Waals surface area (Å²) >= 11 is 0. The van der Waals surface area contributed by atoms with Crippen molar-refractivity contribution >= 4 is 11.8 Å². The van der Waals surface area contributed by atoms with Crippen molar-refractivity contribution in [1.29, 1.82) is 0 Å². The molecule has 0 heterocycles. The Morgan fingerprint density at radius 1 is 1.50 bits per heavy atom. The van der Waals surface area contributed by atoms with Gasteiger partial charge in [-0.1, -0.05) is 12.5 Å². The number of hydrogen-bond acceptors (Lipinski definition) is 2. The van der Waals surface area contributed by atoms with Crippen molar-refractivity contribution in [3.63, 3.8) is 0 Å². The fourth-order valence-corrected chi connectivity index (χ4v) is 2.03. The average Bonchev–Trinajstić information content (AvgIpc) is 2.10.